The van der Waals surface area contributed by atoms with Gasteiger partial charge in [-0.25, -0.2) is 0 Å². The fourth-order valence-corrected chi connectivity index (χ4v) is 1.26. The first kappa shape index (κ1) is 7.63. The molecule has 0 spiro atoms. The number of aromatic amines is 1. The van der Waals surface area contributed by atoms with E-state index in [1.54, 1.807) is 6.20 Å². The Bertz CT molecular complexity index is 435. The molecule has 0 amide bonds. The zero-order valence-electron chi connectivity index (χ0n) is 6.99. The highest BCUT2D eigenvalue weighted by Gasteiger charge is 2.01. The van der Waals surface area contributed by atoms with Gasteiger partial charge in [-0.2, -0.15) is 5.10 Å². The van der Waals surface area contributed by atoms with E-state index in [-0.39, 0.29) is 0 Å². The minimum atomic E-state index is 0.893. The second kappa shape index (κ2) is 3.16. The van der Waals surface area contributed by atoms with E-state index in [4.69, 9.17) is 6.42 Å². The van der Waals surface area contributed by atoms with Crippen molar-refractivity contribution in [2.24, 2.45) is 0 Å². The van der Waals surface area contributed by atoms with Crippen LogP contribution in [0.1, 0.15) is 5.56 Å². The van der Waals surface area contributed by atoms with Gasteiger partial charge in [0.1, 0.15) is 0 Å². The summed E-state index contributed by atoms with van der Waals surface area (Å²) < 4.78 is 0. The van der Waals surface area contributed by atoms with Crippen LogP contribution in [-0.4, -0.2) is 10.2 Å². The number of H-pyrrole nitrogens is 1. The average Bonchev–Trinajstić information content (AvgIpc) is 2.70. The van der Waals surface area contributed by atoms with Crippen LogP contribution < -0.4 is 0 Å². The summed E-state index contributed by atoms with van der Waals surface area (Å²) in [5.74, 6) is 2.64. The minimum Gasteiger partial charge on any atom is -0.285 e. The van der Waals surface area contributed by atoms with E-state index in [9.17, 15) is 0 Å². The van der Waals surface area contributed by atoms with Crippen LogP contribution in [0.4, 0.5) is 0 Å². The maximum absolute atomic E-state index is 5.38. The van der Waals surface area contributed by atoms with Crippen molar-refractivity contribution in [2.45, 2.75) is 0 Å². The Morgan fingerprint density at radius 2 is 2.15 bits per heavy atom. The van der Waals surface area contributed by atoms with Crippen molar-refractivity contribution in [3.8, 4) is 23.5 Å². The first-order valence-corrected chi connectivity index (χ1v) is 3.96. The monoisotopic (exact) mass is 168 g/mol. The molecule has 0 bridgehead atoms. The lowest BCUT2D eigenvalue weighted by Gasteiger charge is -1.99. The Hall–Kier alpha value is -2.01. The van der Waals surface area contributed by atoms with Gasteiger partial charge in [-0.1, -0.05) is 24.1 Å². The zero-order chi connectivity index (χ0) is 9.10. The van der Waals surface area contributed by atoms with Crippen LogP contribution in [0.5, 0.6) is 0 Å². The minimum absolute atomic E-state index is 0.893. The summed E-state index contributed by atoms with van der Waals surface area (Å²) in [5.41, 5.74) is 2.95. The Balaban J connectivity index is 2.59. The molecule has 2 rings (SSSR count). The Labute approximate surface area is 76.6 Å². The molecule has 0 aliphatic heterocycles. The molecule has 0 aliphatic rings. The number of rotatable bonds is 1. The molecule has 0 fully saturated rings. The second-order valence-electron chi connectivity index (χ2n) is 2.68. The Kier molecular flexibility index (Phi) is 1.85. The van der Waals surface area contributed by atoms with Gasteiger partial charge in [-0.15, -0.1) is 6.42 Å². The third kappa shape index (κ3) is 1.32. The summed E-state index contributed by atoms with van der Waals surface area (Å²) in [4.78, 5) is 0. The van der Waals surface area contributed by atoms with Gasteiger partial charge in [-0.3, -0.25) is 5.10 Å². The van der Waals surface area contributed by atoms with Gasteiger partial charge >= 0.3 is 0 Å². The van der Waals surface area contributed by atoms with E-state index in [1.165, 1.54) is 0 Å². The maximum Gasteiger partial charge on any atom is 0.0566 e. The van der Waals surface area contributed by atoms with Crippen molar-refractivity contribution in [2.75, 3.05) is 0 Å². The molecular weight excluding hydrogens is 160 g/mol. The molecule has 0 atom stereocenters. The molecule has 1 N–H and O–H groups in total. The predicted octanol–water partition coefficient (Wildman–Crippen LogP) is 2.06. The van der Waals surface area contributed by atoms with Crippen molar-refractivity contribution in [3.05, 3.63) is 42.2 Å². The lowest BCUT2D eigenvalue weighted by molar-refractivity contribution is 1.09. The highest BCUT2D eigenvalue weighted by atomic mass is 15.1. The molecule has 0 aliphatic carbocycles. The van der Waals surface area contributed by atoms with Crippen LogP contribution in [0, 0.1) is 12.3 Å². The molecule has 0 radical (unpaired) electrons. The molecule has 1 aromatic carbocycles. The van der Waals surface area contributed by atoms with E-state index in [1.807, 2.05) is 30.5 Å². The summed E-state index contributed by atoms with van der Waals surface area (Å²) in [6, 6.07) is 7.80. The third-order valence-electron chi connectivity index (χ3n) is 1.89. The number of benzene rings is 1. The molecule has 2 aromatic rings. The van der Waals surface area contributed by atoms with E-state index in [0.29, 0.717) is 0 Å². The van der Waals surface area contributed by atoms with E-state index >= 15 is 0 Å². The maximum atomic E-state index is 5.38. The number of terminal acetylenes is 1. The first-order chi connectivity index (χ1) is 6.42. The number of hydrogen-bond acceptors (Lipinski definition) is 1. The number of nitrogens with one attached hydrogen (secondary N) is 1. The molecule has 1 aromatic heterocycles. The van der Waals surface area contributed by atoms with Gasteiger partial charge in [-0.05, 0) is 6.07 Å². The summed E-state index contributed by atoms with van der Waals surface area (Å²) in [6.07, 6.45) is 8.97. The summed E-state index contributed by atoms with van der Waals surface area (Å²) >= 11 is 0. The van der Waals surface area contributed by atoms with Crippen LogP contribution in [-0.2, 0) is 0 Å². The van der Waals surface area contributed by atoms with Gasteiger partial charge < -0.3 is 0 Å². The second-order valence-corrected chi connectivity index (χ2v) is 2.68. The third-order valence-corrected chi connectivity index (χ3v) is 1.89. The van der Waals surface area contributed by atoms with Crippen LogP contribution >= 0.6 is 0 Å². The Morgan fingerprint density at radius 3 is 2.85 bits per heavy atom. The highest BCUT2D eigenvalue weighted by Crippen LogP contribution is 2.21. The molecule has 0 saturated heterocycles. The van der Waals surface area contributed by atoms with Crippen LogP contribution in [0.2, 0.25) is 0 Å². The molecular formula is C11H8N2. The highest BCUT2D eigenvalue weighted by molar-refractivity contribution is 5.69. The van der Waals surface area contributed by atoms with E-state index < -0.39 is 0 Å². The standard InChI is InChI=1S/C11H8N2/c1-2-9-5-3-4-6-11(9)10-7-12-13-8-10/h1,3-8H,(H,12,13). The average molecular weight is 168 g/mol. The number of aromatic nitrogens is 2. The van der Waals surface area contributed by atoms with E-state index in [0.717, 1.165) is 16.7 Å². The molecule has 0 saturated carbocycles. The van der Waals surface area contributed by atoms with Crippen LogP contribution in [0.25, 0.3) is 11.1 Å². The molecule has 2 heteroatoms. The molecule has 1 heterocycles. The number of nitrogens with zero attached hydrogens (tertiary/aromatic N) is 1. The summed E-state index contributed by atoms with van der Waals surface area (Å²) in [5, 5.41) is 6.64. The lowest BCUT2D eigenvalue weighted by atomic mass is 10.0. The van der Waals surface area contributed by atoms with Gasteiger partial charge in [0.05, 0.1) is 6.20 Å². The van der Waals surface area contributed by atoms with Crippen LogP contribution in [0.15, 0.2) is 36.7 Å². The van der Waals surface area contributed by atoms with E-state index in [2.05, 4.69) is 16.1 Å². The molecule has 13 heavy (non-hydrogen) atoms. The quantitative estimate of drug-likeness (QED) is 0.649. The van der Waals surface area contributed by atoms with Crippen LogP contribution in [0.3, 0.4) is 0 Å². The van der Waals surface area contributed by atoms with Gasteiger partial charge in [0.2, 0.25) is 0 Å². The smallest absolute Gasteiger partial charge is 0.0566 e. The topological polar surface area (TPSA) is 28.7 Å². The molecule has 0 unspecified atom stereocenters. The van der Waals surface area contributed by atoms with Crippen molar-refractivity contribution in [1.29, 1.82) is 0 Å². The fourth-order valence-electron chi connectivity index (χ4n) is 1.26. The lowest BCUT2D eigenvalue weighted by Crippen LogP contribution is -1.80. The van der Waals surface area contributed by atoms with Gasteiger partial charge in [0, 0.05) is 22.9 Å². The van der Waals surface area contributed by atoms with Crippen molar-refractivity contribution in [3.63, 3.8) is 0 Å². The SMILES string of the molecule is C#Cc1ccccc1-c1cn[nH]c1. The summed E-state index contributed by atoms with van der Waals surface area (Å²) in [6.45, 7) is 0. The first-order valence-electron chi connectivity index (χ1n) is 3.96. The van der Waals surface area contributed by atoms with Crippen molar-refractivity contribution < 1.29 is 0 Å². The van der Waals surface area contributed by atoms with Gasteiger partial charge in [0.25, 0.3) is 0 Å². The zero-order valence-corrected chi connectivity index (χ0v) is 6.99. The molecule has 2 nitrogen and oxygen atoms in total. The van der Waals surface area contributed by atoms with Gasteiger partial charge in [0.15, 0.2) is 0 Å². The normalized spacial score (nSPS) is 9.46. The largest absolute Gasteiger partial charge is 0.285 e. The van der Waals surface area contributed by atoms with Crippen molar-refractivity contribution in [1.82, 2.24) is 10.2 Å². The predicted molar refractivity (Wildman–Crippen MR) is 52.0 cm³/mol. The Morgan fingerprint density at radius 1 is 1.31 bits per heavy atom. The van der Waals surface area contributed by atoms with Crippen molar-refractivity contribution >= 4 is 0 Å². The molecule has 62 valence electrons. The number of hydrogen-bond donors (Lipinski definition) is 1. The fraction of sp³-hybridized carbons (Fsp3) is 0. The summed E-state index contributed by atoms with van der Waals surface area (Å²) in [7, 11) is 0.